The molecule has 0 unspecified atom stereocenters. The van der Waals surface area contributed by atoms with Gasteiger partial charge in [-0.15, -0.1) is 0 Å². The summed E-state index contributed by atoms with van der Waals surface area (Å²) in [4.78, 5) is 0. The van der Waals surface area contributed by atoms with Crippen LogP contribution in [0.5, 0.6) is 0 Å². The molecule has 0 radical (unpaired) electrons. The van der Waals surface area contributed by atoms with Gasteiger partial charge in [-0.25, -0.2) is 4.39 Å². The molecule has 0 aromatic heterocycles. The van der Waals surface area contributed by atoms with Gasteiger partial charge >= 0.3 is 0 Å². The van der Waals surface area contributed by atoms with Gasteiger partial charge in [-0.2, -0.15) is 0 Å². The fourth-order valence-corrected chi connectivity index (χ4v) is 2.47. The molecule has 0 saturated heterocycles. The number of aryl methyl sites for hydroxylation is 1. The maximum absolute atomic E-state index is 13.8. The summed E-state index contributed by atoms with van der Waals surface area (Å²) in [6.45, 7) is 5.44. The number of halogens is 1. The smallest absolute Gasteiger partial charge is 0.135 e. The molecule has 1 atom stereocenters. The first-order valence-electron chi connectivity index (χ1n) is 5.75. The summed E-state index contributed by atoms with van der Waals surface area (Å²) < 4.78 is 29.4. The maximum Gasteiger partial charge on any atom is 0.135 e. The lowest BCUT2D eigenvalue weighted by Gasteiger charge is -2.06. The van der Waals surface area contributed by atoms with Gasteiger partial charge in [0.2, 0.25) is 0 Å². The molecule has 0 fully saturated rings. The molecule has 17 heavy (non-hydrogen) atoms. The molecule has 4 heteroatoms. The highest BCUT2D eigenvalue weighted by Crippen LogP contribution is 2.14. The van der Waals surface area contributed by atoms with Crippen molar-refractivity contribution in [2.75, 3.05) is 5.75 Å². The minimum atomic E-state index is -1.24. The molecular formula is C13H18FNOS. The summed E-state index contributed by atoms with van der Waals surface area (Å²) in [5.74, 6) is 0.266. The Balaban J connectivity index is 2.84. The lowest BCUT2D eigenvalue weighted by Crippen LogP contribution is -2.08. The Bertz CT molecular complexity index is 406. The molecule has 1 aromatic carbocycles. The molecule has 0 aliphatic heterocycles. The lowest BCUT2D eigenvalue weighted by atomic mass is 10.1. The molecule has 0 heterocycles. The normalized spacial score (nSPS) is 13.8. The molecule has 0 bridgehead atoms. The Labute approximate surface area is 105 Å². The zero-order valence-corrected chi connectivity index (χ0v) is 11.3. The third kappa shape index (κ3) is 4.13. The van der Waals surface area contributed by atoms with Gasteiger partial charge in [-0.3, -0.25) is 0 Å². The van der Waals surface area contributed by atoms with Crippen LogP contribution in [0.2, 0.25) is 0 Å². The van der Waals surface area contributed by atoms with Gasteiger partial charge in [-0.1, -0.05) is 35.9 Å². The van der Waals surface area contributed by atoms with Gasteiger partial charge in [-0.05, 0) is 25.8 Å². The number of hydrogen-bond donors (Lipinski definition) is 0. The Hall–Kier alpha value is -0.870. The van der Waals surface area contributed by atoms with E-state index in [-0.39, 0.29) is 5.82 Å². The van der Waals surface area contributed by atoms with Crippen LogP contribution in [0.4, 0.5) is 4.39 Å². The fraction of sp³-hybridized carbons (Fsp3) is 0.462. The second kappa shape index (κ2) is 6.77. The number of nitrogens with zero attached hydrogens (tertiary/aromatic N) is 1. The fourth-order valence-electron chi connectivity index (χ4n) is 1.44. The van der Waals surface area contributed by atoms with Crippen molar-refractivity contribution in [3.63, 3.8) is 0 Å². The molecule has 2 nitrogen and oxygen atoms in total. The van der Waals surface area contributed by atoms with Crippen LogP contribution < -0.4 is 0 Å². The molecular weight excluding hydrogens is 237 g/mol. The summed E-state index contributed by atoms with van der Waals surface area (Å²) in [7, 11) is 0. The average molecular weight is 255 g/mol. The highest BCUT2D eigenvalue weighted by atomic mass is 32.2. The Morgan fingerprint density at radius 2 is 2.18 bits per heavy atom. The second-order valence-electron chi connectivity index (χ2n) is 3.99. The Kier molecular flexibility index (Phi) is 5.65. The predicted octanol–water partition coefficient (Wildman–Crippen LogP) is 3.41. The van der Waals surface area contributed by atoms with E-state index in [2.05, 4.69) is 4.40 Å². The van der Waals surface area contributed by atoms with Crippen LogP contribution in [-0.2, 0) is 11.4 Å². The number of hydrogen-bond acceptors (Lipinski definition) is 2. The molecule has 0 N–H and O–H groups in total. The molecule has 0 amide bonds. The average Bonchev–Trinajstić information content (AvgIpc) is 2.29. The van der Waals surface area contributed by atoms with Crippen molar-refractivity contribution in [3.8, 4) is 0 Å². The van der Waals surface area contributed by atoms with Gasteiger partial charge in [0.05, 0.1) is 17.1 Å². The van der Waals surface area contributed by atoms with E-state index in [4.69, 9.17) is 0 Å². The van der Waals surface area contributed by atoms with Crippen molar-refractivity contribution >= 4 is 17.1 Å². The molecule has 0 saturated carbocycles. The maximum atomic E-state index is 13.8. The van der Waals surface area contributed by atoms with Crippen LogP contribution in [-0.4, -0.2) is 16.0 Å². The van der Waals surface area contributed by atoms with E-state index in [1.54, 1.807) is 32.0 Å². The summed E-state index contributed by atoms with van der Waals surface area (Å²) in [6, 6.07) is 5.15. The summed E-state index contributed by atoms with van der Waals surface area (Å²) >= 11 is -1.24. The Morgan fingerprint density at radius 3 is 2.82 bits per heavy atom. The third-order valence-electron chi connectivity index (χ3n) is 2.49. The first kappa shape index (κ1) is 14.2. The van der Waals surface area contributed by atoms with Gasteiger partial charge < -0.3 is 4.55 Å². The van der Waals surface area contributed by atoms with Gasteiger partial charge in [0.15, 0.2) is 0 Å². The third-order valence-corrected chi connectivity index (χ3v) is 3.61. The molecule has 0 aliphatic rings. The largest absolute Gasteiger partial charge is 0.591 e. The highest BCUT2D eigenvalue weighted by molar-refractivity contribution is 7.90. The molecule has 0 spiro atoms. The molecule has 1 rings (SSSR count). The minimum absolute atomic E-state index is 0.277. The van der Waals surface area contributed by atoms with E-state index in [1.165, 1.54) is 0 Å². The predicted molar refractivity (Wildman–Crippen MR) is 71.3 cm³/mol. The number of rotatable bonds is 5. The monoisotopic (exact) mass is 255 g/mol. The zero-order valence-electron chi connectivity index (χ0n) is 10.5. The number of unbranched alkanes of at least 4 members (excludes halogenated alkanes) is 1. The first-order valence-corrected chi connectivity index (χ1v) is 7.03. The van der Waals surface area contributed by atoms with Crippen molar-refractivity contribution in [2.24, 2.45) is 4.40 Å². The summed E-state index contributed by atoms with van der Waals surface area (Å²) in [5.41, 5.74) is 1.52. The van der Waals surface area contributed by atoms with Crippen molar-refractivity contribution in [3.05, 3.63) is 35.1 Å². The van der Waals surface area contributed by atoms with Crippen molar-refractivity contribution < 1.29 is 8.94 Å². The highest BCUT2D eigenvalue weighted by Gasteiger charge is 2.11. The van der Waals surface area contributed by atoms with Gasteiger partial charge in [0.1, 0.15) is 11.6 Å². The van der Waals surface area contributed by atoms with Crippen molar-refractivity contribution in [1.82, 2.24) is 0 Å². The lowest BCUT2D eigenvalue weighted by molar-refractivity contribution is 0.593. The number of benzene rings is 1. The van der Waals surface area contributed by atoms with E-state index in [1.807, 2.05) is 6.92 Å². The van der Waals surface area contributed by atoms with E-state index < -0.39 is 11.4 Å². The van der Waals surface area contributed by atoms with Crippen molar-refractivity contribution in [1.29, 1.82) is 0 Å². The first-order chi connectivity index (χ1) is 8.06. The quantitative estimate of drug-likeness (QED) is 0.586. The summed E-state index contributed by atoms with van der Waals surface area (Å²) in [5, 5.41) is 0. The van der Waals surface area contributed by atoms with Gasteiger partial charge in [0.25, 0.3) is 0 Å². The second-order valence-corrected chi connectivity index (χ2v) is 5.23. The minimum Gasteiger partial charge on any atom is -0.591 e. The Morgan fingerprint density at radius 1 is 1.47 bits per heavy atom. The van der Waals surface area contributed by atoms with Crippen LogP contribution in [0.15, 0.2) is 22.6 Å². The van der Waals surface area contributed by atoms with Crippen LogP contribution in [0.25, 0.3) is 0 Å². The topological polar surface area (TPSA) is 35.4 Å². The molecule has 0 aliphatic carbocycles. The molecule has 1 aromatic rings. The van der Waals surface area contributed by atoms with Crippen molar-refractivity contribution in [2.45, 2.75) is 33.6 Å². The molecule has 94 valence electrons. The standard InChI is InChI=1S/C13H18FNOS/c1-4-5-9-17(16)15-11(3)12-8-6-7-10(2)13(12)14/h6-8H,4-5,9H2,1-3H3/b15-11+/t17-/m1/s1. The van der Waals surface area contributed by atoms with E-state index in [0.29, 0.717) is 22.6 Å². The van der Waals surface area contributed by atoms with Crippen LogP contribution in [0, 0.1) is 12.7 Å². The SMILES string of the molecule is CCCC[S@@+]([O-])/N=C(\C)c1cccc(C)c1F. The summed E-state index contributed by atoms with van der Waals surface area (Å²) in [6.07, 6.45) is 1.86. The van der Waals surface area contributed by atoms with Gasteiger partial charge in [0, 0.05) is 5.56 Å². The van der Waals surface area contributed by atoms with E-state index >= 15 is 0 Å². The van der Waals surface area contributed by atoms with Crippen LogP contribution in [0.3, 0.4) is 0 Å². The van der Waals surface area contributed by atoms with Crippen LogP contribution in [0.1, 0.15) is 37.8 Å². The zero-order chi connectivity index (χ0) is 12.8. The van der Waals surface area contributed by atoms with Crippen LogP contribution >= 0.6 is 0 Å². The van der Waals surface area contributed by atoms with E-state index in [0.717, 1.165) is 12.8 Å². The van der Waals surface area contributed by atoms with E-state index in [9.17, 15) is 8.94 Å².